The van der Waals surface area contributed by atoms with E-state index in [1.807, 2.05) is 0 Å². The molecule has 43 heavy (non-hydrogen) atoms. The van der Waals surface area contributed by atoms with E-state index in [1.54, 1.807) is 60.3 Å². The highest BCUT2D eigenvalue weighted by molar-refractivity contribution is 7.99. The van der Waals surface area contributed by atoms with Crippen LogP contribution in [0, 0.1) is 23.3 Å². The van der Waals surface area contributed by atoms with Gasteiger partial charge in [-0.05, 0) is 146 Å². The fourth-order valence-corrected chi connectivity index (χ4v) is 9.42. The van der Waals surface area contributed by atoms with Crippen LogP contribution in [-0.4, -0.2) is 0 Å². The first kappa shape index (κ1) is 29.2. The van der Waals surface area contributed by atoms with Gasteiger partial charge in [0.1, 0.15) is 23.3 Å². The van der Waals surface area contributed by atoms with E-state index in [4.69, 9.17) is 0 Å². The topological polar surface area (TPSA) is 0 Å². The molecule has 0 fully saturated rings. The summed E-state index contributed by atoms with van der Waals surface area (Å²) in [7, 11) is -1.05. The van der Waals surface area contributed by atoms with Gasteiger partial charge in [0, 0.05) is 9.79 Å². The van der Waals surface area contributed by atoms with Crippen molar-refractivity contribution in [2.24, 2.45) is 0 Å². The number of halogens is 4. The Kier molecular flexibility index (Phi) is 8.93. The SMILES string of the molecule is Fc1ccc([S+](c2ccc(F)cc2)c2ccc(Sc3ccc([S+](c4ccc(F)cc4)c4ccc(F)cc4)cc3)cc2)cc1. The standard InChI is InChI=1S/C36H24F4S3/c37-25-1-13-31(14-2-25)42(32-15-3-26(38)4-16-32)35-21-9-29(10-22-35)41-30-11-23-36(24-12-30)43(33-17-5-27(39)6-18-33)34-19-7-28(40)8-20-34/h1-24H/q+2. The van der Waals surface area contributed by atoms with Gasteiger partial charge < -0.3 is 0 Å². The lowest BCUT2D eigenvalue weighted by molar-refractivity contribution is 0.625. The minimum atomic E-state index is -0.523. The zero-order valence-corrected chi connectivity index (χ0v) is 25.0. The number of hydrogen-bond donors (Lipinski definition) is 0. The molecular formula is C36H24F4S3+2. The van der Waals surface area contributed by atoms with E-state index >= 15 is 0 Å². The van der Waals surface area contributed by atoms with E-state index in [2.05, 4.69) is 48.5 Å². The molecule has 0 nitrogen and oxygen atoms in total. The quantitative estimate of drug-likeness (QED) is 0.119. The van der Waals surface area contributed by atoms with Crippen molar-refractivity contribution >= 4 is 33.6 Å². The number of rotatable bonds is 8. The molecule has 0 aliphatic carbocycles. The molecule has 0 saturated heterocycles. The van der Waals surface area contributed by atoms with Crippen molar-refractivity contribution in [3.8, 4) is 0 Å². The molecule has 0 N–H and O–H groups in total. The molecule has 0 aliphatic heterocycles. The summed E-state index contributed by atoms with van der Waals surface area (Å²) in [6.45, 7) is 0. The largest absolute Gasteiger partial charge is 0.207 e. The van der Waals surface area contributed by atoms with Crippen LogP contribution >= 0.6 is 11.8 Å². The Morgan fingerprint density at radius 1 is 0.279 bits per heavy atom. The Hall–Kier alpha value is -3.91. The second kappa shape index (κ2) is 13.2. The normalized spacial score (nSPS) is 11.3. The Morgan fingerprint density at radius 2 is 0.465 bits per heavy atom. The Balaban J connectivity index is 1.24. The number of hydrogen-bond acceptors (Lipinski definition) is 1. The zero-order valence-electron chi connectivity index (χ0n) is 22.6. The molecule has 0 unspecified atom stereocenters. The predicted octanol–water partition coefficient (Wildman–Crippen LogP) is 10.6. The van der Waals surface area contributed by atoms with Gasteiger partial charge in [0.15, 0.2) is 29.4 Å². The Bertz CT molecular complexity index is 1560. The monoisotopic (exact) mass is 628 g/mol. The van der Waals surface area contributed by atoms with Gasteiger partial charge in [-0.25, -0.2) is 17.6 Å². The molecule has 0 heterocycles. The first-order valence-electron chi connectivity index (χ1n) is 13.3. The second-order valence-electron chi connectivity index (χ2n) is 9.47. The molecule has 6 aromatic carbocycles. The third-order valence-corrected chi connectivity index (χ3v) is 12.0. The zero-order chi connectivity index (χ0) is 29.8. The van der Waals surface area contributed by atoms with Gasteiger partial charge in [0.25, 0.3) is 0 Å². The maximum Gasteiger partial charge on any atom is 0.166 e. The molecular weight excluding hydrogens is 605 g/mol. The Labute approximate surface area is 258 Å². The van der Waals surface area contributed by atoms with Crippen molar-refractivity contribution in [1.29, 1.82) is 0 Å². The molecule has 0 bridgehead atoms. The first-order chi connectivity index (χ1) is 20.9. The molecule has 212 valence electrons. The lowest BCUT2D eigenvalue weighted by Gasteiger charge is -2.10. The lowest BCUT2D eigenvalue weighted by atomic mass is 10.3. The van der Waals surface area contributed by atoms with E-state index in [-0.39, 0.29) is 23.3 Å². The van der Waals surface area contributed by atoms with Crippen LogP contribution in [0.1, 0.15) is 0 Å². The summed E-state index contributed by atoms with van der Waals surface area (Å²) < 4.78 is 54.7. The van der Waals surface area contributed by atoms with Crippen molar-refractivity contribution in [3.05, 3.63) is 169 Å². The lowest BCUT2D eigenvalue weighted by Crippen LogP contribution is -2.05. The maximum absolute atomic E-state index is 13.7. The van der Waals surface area contributed by atoms with Crippen molar-refractivity contribution in [1.82, 2.24) is 0 Å². The first-order valence-corrected chi connectivity index (χ1v) is 16.6. The van der Waals surface area contributed by atoms with Crippen molar-refractivity contribution in [3.63, 3.8) is 0 Å². The van der Waals surface area contributed by atoms with Gasteiger partial charge in [-0.1, -0.05) is 11.8 Å². The molecule has 0 spiro atoms. The fourth-order valence-electron chi connectivity index (χ4n) is 4.52. The van der Waals surface area contributed by atoms with Crippen LogP contribution in [-0.2, 0) is 21.8 Å². The molecule has 0 saturated carbocycles. The average molecular weight is 629 g/mol. The summed E-state index contributed by atoms with van der Waals surface area (Å²) >= 11 is 1.63. The summed E-state index contributed by atoms with van der Waals surface area (Å²) in [5, 5.41) is 0. The summed E-state index contributed by atoms with van der Waals surface area (Å²) in [6.07, 6.45) is 0. The van der Waals surface area contributed by atoms with Crippen molar-refractivity contribution in [2.75, 3.05) is 0 Å². The van der Waals surface area contributed by atoms with Gasteiger partial charge in [0.05, 0.1) is 21.8 Å². The highest BCUT2D eigenvalue weighted by Crippen LogP contribution is 2.36. The van der Waals surface area contributed by atoms with Crippen LogP contribution in [0.5, 0.6) is 0 Å². The predicted molar refractivity (Wildman–Crippen MR) is 167 cm³/mol. The summed E-state index contributed by atoms with van der Waals surface area (Å²) in [4.78, 5) is 7.97. The summed E-state index contributed by atoms with van der Waals surface area (Å²) in [5.41, 5.74) is 0. The highest BCUT2D eigenvalue weighted by Gasteiger charge is 2.30. The van der Waals surface area contributed by atoms with Gasteiger partial charge in [0.2, 0.25) is 0 Å². The Morgan fingerprint density at radius 3 is 0.674 bits per heavy atom. The second-order valence-corrected chi connectivity index (χ2v) is 14.7. The van der Waals surface area contributed by atoms with Crippen LogP contribution in [0.2, 0.25) is 0 Å². The van der Waals surface area contributed by atoms with Crippen LogP contribution in [0.4, 0.5) is 17.6 Å². The molecule has 0 amide bonds. The van der Waals surface area contributed by atoms with Gasteiger partial charge in [-0.15, -0.1) is 0 Å². The minimum absolute atomic E-state index is 0.300. The third kappa shape index (κ3) is 7.02. The maximum atomic E-state index is 13.7. The van der Waals surface area contributed by atoms with Gasteiger partial charge in [-0.3, -0.25) is 0 Å². The fraction of sp³-hybridized carbons (Fsp3) is 0. The van der Waals surface area contributed by atoms with Crippen molar-refractivity contribution in [2.45, 2.75) is 39.2 Å². The smallest absolute Gasteiger partial charge is 0.166 e. The van der Waals surface area contributed by atoms with E-state index in [0.29, 0.717) is 0 Å². The molecule has 0 atom stereocenters. The highest BCUT2D eigenvalue weighted by atomic mass is 32.2. The van der Waals surface area contributed by atoms with Crippen LogP contribution in [0.25, 0.3) is 0 Å². The number of benzene rings is 6. The van der Waals surface area contributed by atoms with Crippen LogP contribution < -0.4 is 0 Å². The molecule has 7 heteroatoms. The summed E-state index contributed by atoms with van der Waals surface area (Å²) in [5.74, 6) is -1.20. The van der Waals surface area contributed by atoms with Crippen molar-refractivity contribution < 1.29 is 17.6 Å². The van der Waals surface area contributed by atoms with E-state index < -0.39 is 21.8 Å². The van der Waals surface area contributed by atoms with E-state index in [0.717, 1.165) is 39.2 Å². The molecule has 0 aromatic heterocycles. The van der Waals surface area contributed by atoms with Crippen LogP contribution in [0.15, 0.2) is 185 Å². The third-order valence-electron chi connectivity index (χ3n) is 6.55. The van der Waals surface area contributed by atoms with E-state index in [1.165, 1.54) is 48.5 Å². The van der Waals surface area contributed by atoms with Gasteiger partial charge >= 0.3 is 0 Å². The minimum Gasteiger partial charge on any atom is -0.207 e. The molecule has 0 aliphatic rings. The van der Waals surface area contributed by atoms with Gasteiger partial charge in [-0.2, -0.15) is 0 Å². The average Bonchev–Trinajstić information content (AvgIpc) is 3.03. The molecule has 6 rings (SSSR count). The van der Waals surface area contributed by atoms with Crippen LogP contribution in [0.3, 0.4) is 0 Å². The summed E-state index contributed by atoms with van der Waals surface area (Å²) in [6, 6.07) is 42.3. The molecule has 6 aromatic rings. The van der Waals surface area contributed by atoms with E-state index in [9.17, 15) is 17.6 Å². The molecule has 0 radical (unpaired) electrons.